The van der Waals surface area contributed by atoms with Gasteiger partial charge in [0, 0.05) is 30.3 Å². The predicted octanol–water partition coefficient (Wildman–Crippen LogP) is 3.09. The maximum atomic E-state index is 12.5. The maximum Gasteiger partial charge on any atom is 0.254 e. The van der Waals surface area contributed by atoms with E-state index < -0.39 is 0 Å². The van der Waals surface area contributed by atoms with Crippen LogP contribution in [0.3, 0.4) is 0 Å². The van der Waals surface area contributed by atoms with Crippen molar-refractivity contribution in [1.29, 1.82) is 0 Å². The first-order valence-electron chi connectivity index (χ1n) is 6.13. The minimum Gasteiger partial charge on any atom is -0.383 e. The molecule has 20 heavy (non-hydrogen) atoms. The van der Waals surface area contributed by atoms with Crippen LogP contribution < -0.4 is 0 Å². The van der Waals surface area contributed by atoms with Crippen molar-refractivity contribution in [1.82, 2.24) is 9.88 Å². The van der Waals surface area contributed by atoms with Crippen LogP contribution in [0.25, 0.3) is 0 Å². The van der Waals surface area contributed by atoms with E-state index in [2.05, 4.69) is 4.98 Å². The first kappa shape index (κ1) is 15.0. The molecule has 0 aliphatic rings. The minimum atomic E-state index is -0.0697. The van der Waals surface area contributed by atoms with Crippen molar-refractivity contribution >= 4 is 28.8 Å². The van der Waals surface area contributed by atoms with Crippen molar-refractivity contribution in [2.45, 2.75) is 6.54 Å². The summed E-state index contributed by atoms with van der Waals surface area (Å²) < 4.78 is 5.07. The number of methoxy groups -OCH3 is 1. The van der Waals surface area contributed by atoms with Crippen LogP contribution in [0.1, 0.15) is 15.2 Å². The molecule has 2 aromatic heterocycles. The quantitative estimate of drug-likeness (QED) is 0.770. The number of nitrogens with zero attached hydrogens (tertiary/aromatic N) is 2. The zero-order valence-corrected chi connectivity index (χ0v) is 12.7. The van der Waals surface area contributed by atoms with E-state index in [0.717, 1.165) is 4.88 Å². The van der Waals surface area contributed by atoms with Gasteiger partial charge in [-0.05, 0) is 23.6 Å². The SMILES string of the molecule is COCCN(Cc1cccs1)C(=O)c1ccnc(Cl)c1. The number of carbonyl (C=O) groups excluding carboxylic acids is 1. The van der Waals surface area contributed by atoms with Crippen LogP contribution in [0.15, 0.2) is 35.8 Å². The normalized spacial score (nSPS) is 10.5. The molecule has 2 heterocycles. The highest BCUT2D eigenvalue weighted by Crippen LogP contribution is 2.15. The molecule has 0 saturated heterocycles. The second-order valence-corrected chi connectivity index (χ2v) is 5.59. The predicted molar refractivity (Wildman–Crippen MR) is 80.2 cm³/mol. The van der Waals surface area contributed by atoms with Gasteiger partial charge < -0.3 is 9.64 Å². The fourth-order valence-corrected chi connectivity index (χ4v) is 2.66. The van der Waals surface area contributed by atoms with Crippen LogP contribution >= 0.6 is 22.9 Å². The minimum absolute atomic E-state index is 0.0697. The summed E-state index contributed by atoms with van der Waals surface area (Å²) in [5.74, 6) is -0.0697. The molecule has 6 heteroatoms. The Morgan fingerprint density at radius 2 is 2.35 bits per heavy atom. The molecule has 0 radical (unpaired) electrons. The Kier molecular flexibility index (Phi) is 5.52. The van der Waals surface area contributed by atoms with Gasteiger partial charge in [0.25, 0.3) is 5.91 Å². The molecule has 0 spiro atoms. The molecule has 0 saturated carbocycles. The molecule has 2 aromatic rings. The van der Waals surface area contributed by atoms with E-state index in [4.69, 9.17) is 16.3 Å². The number of ether oxygens (including phenoxy) is 1. The van der Waals surface area contributed by atoms with E-state index in [1.807, 2.05) is 17.5 Å². The van der Waals surface area contributed by atoms with Crippen molar-refractivity contribution in [3.05, 3.63) is 51.4 Å². The molecule has 0 aliphatic heterocycles. The lowest BCUT2D eigenvalue weighted by Crippen LogP contribution is -2.33. The lowest BCUT2D eigenvalue weighted by molar-refractivity contribution is 0.0682. The molecule has 0 N–H and O–H groups in total. The topological polar surface area (TPSA) is 42.4 Å². The van der Waals surface area contributed by atoms with Gasteiger partial charge in [0.05, 0.1) is 13.2 Å². The average Bonchev–Trinajstić information content (AvgIpc) is 2.95. The summed E-state index contributed by atoms with van der Waals surface area (Å²) in [4.78, 5) is 19.3. The highest BCUT2D eigenvalue weighted by molar-refractivity contribution is 7.09. The number of aromatic nitrogens is 1. The Labute approximate surface area is 127 Å². The van der Waals surface area contributed by atoms with Crippen molar-refractivity contribution in [2.24, 2.45) is 0 Å². The number of thiophene rings is 1. The van der Waals surface area contributed by atoms with Gasteiger partial charge in [0.1, 0.15) is 5.15 Å². The largest absolute Gasteiger partial charge is 0.383 e. The van der Waals surface area contributed by atoms with Gasteiger partial charge in [0.2, 0.25) is 0 Å². The highest BCUT2D eigenvalue weighted by Gasteiger charge is 2.16. The molecule has 2 rings (SSSR count). The molecule has 0 atom stereocenters. The van der Waals surface area contributed by atoms with Gasteiger partial charge in [-0.2, -0.15) is 0 Å². The molecular weight excluding hydrogens is 296 g/mol. The van der Waals surface area contributed by atoms with Crippen LogP contribution in [0, 0.1) is 0 Å². The van der Waals surface area contributed by atoms with Crippen LogP contribution in [0.2, 0.25) is 5.15 Å². The molecule has 4 nitrogen and oxygen atoms in total. The van der Waals surface area contributed by atoms with Gasteiger partial charge in [-0.15, -0.1) is 11.3 Å². The Hall–Kier alpha value is -1.43. The van der Waals surface area contributed by atoms with Gasteiger partial charge in [-0.25, -0.2) is 4.98 Å². The first-order chi connectivity index (χ1) is 9.70. The zero-order valence-electron chi connectivity index (χ0n) is 11.1. The average molecular weight is 311 g/mol. The summed E-state index contributed by atoms with van der Waals surface area (Å²) >= 11 is 7.46. The summed E-state index contributed by atoms with van der Waals surface area (Å²) in [5, 5.41) is 2.32. The van der Waals surface area contributed by atoms with Crippen LogP contribution in [0.4, 0.5) is 0 Å². The molecule has 106 valence electrons. The fraction of sp³-hybridized carbons (Fsp3) is 0.286. The number of halogens is 1. The molecule has 0 aliphatic carbocycles. The van der Waals surface area contributed by atoms with E-state index in [1.165, 1.54) is 6.20 Å². The number of carbonyl (C=O) groups is 1. The lowest BCUT2D eigenvalue weighted by atomic mass is 10.2. The number of hydrogen-bond donors (Lipinski definition) is 0. The van der Waals surface area contributed by atoms with Crippen LogP contribution in [-0.4, -0.2) is 36.1 Å². The Balaban J connectivity index is 2.14. The number of amides is 1. The summed E-state index contributed by atoms with van der Waals surface area (Å²) in [6, 6.07) is 7.24. The second-order valence-electron chi connectivity index (χ2n) is 4.17. The van der Waals surface area contributed by atoms with Crippen molar-refractivity contribution in [3.8, 4) is 0 Å². The monoisotopic (exact) mass is 310 g/mol. The van der Waals surface area contributed by atoms with Crippen molar-refractivity contribution < 1.29 is 9.53 Å². The molecule has 1 amide bonds. The van der Waals surface area contributed by atoms with Gasteiger partial charge in [-0.1, -0.05) is 17.7 Å². The van der Waals surface area contributed by atoms with Crippen molar-refractivity contribution in [3.63, 3.8) is 0 Å². The van der Waals surface area contributed by atoms with Crippen LogP contribution in [-0.2, 0) is 11.3 Å². The first-order valence-corrected chi connectivity index (χ1v) is 7.38. The van der Waals surface area contributed by atoms with E-state index in [0.29, 0.717) is 30.4 Å². The summed E-state index contributed by atoms with van der Waals surface area (Å²) in [7, 11) is 1.62. The maximum absolute atomic E-state index is 12.5. The molecule has 0 fully saturated rings. The smallest absolute Gasteiger partial charge is 0.254 e. The second kappa shape index (κ2) is 7.38. The van der Waals surface area contributed by atoms with Gasteiger partial charge in [-0.3, -0.25) is 4.79 Å². The van der Waals surface area contributed by atoms with E-state index in [-0.39, 0.29) is 5.91 Å². The van der Waals surface area contributed by atoms with Gasteiger partial charge >= 0.3 is 0 Å². The Morgan fingerprint density at radius 1 is 1.50 bits per heavy atom. The third kappa shape index (κ3) is 4.03. The molecule has 0 bridgehead atoms. The fourth-order valence-electron chi connectivity index (χ4n) is 1.76. The number of hydrogen-bond acceptors (Lipinski definition) is 4. The van der Waals surface area contributed by atoms with E-state index in [1.54, 1.807) is 35.5 Å². The Morgan fingerprint density at radius 3 is 3.00 bits per heavy atom. The van der Waals surface area contributed by atoms with Crippen LogP contribution in [0.5, 0.6) is 0 Å². The molecule has 0 unspecified atom stereocenters. The van der Waals surface area contributed by atoms with E-state index >= 15 is 0 Å². The van der Waals surface area contributed by atoms with Crippen molar-refractivity contribution in [2.75, 3.05) is 20.3 Å². The Bertz CT molecular complexity index is 560. The lowest BCUT2D eigenvalue weighted by Gasteiger charge is -2.21. The third-order valence-corrected chi connectivity index (χ3v) is 3.82. The molecular formula is C14H15ClN2O2S. The number of rotatable bonds is 6. The summed E-state index contributed by atoms with van der Waals surface area (Å²) in [5.41, 5.74) is 0.539. The number of pyridine rings is 1. The van der Waals surface area contributed by atoms with E-state index in [9.17, 15) is 4.79 Å². The summed E-state index contributed by atoms with van der Waals surface area (Å²) in [6.07, 6.45) is 1.54. The standard InChI is InChI=1S/C14H15ClN2O2S/c1-19-7-6-17(10-12-3-2-8-20-12)14(18)11-4-5-16-13(15)9-11/h2-5,8-9H,6-7,10H2,1H3. The van der Waals surface area contributed by atoms with Gasteiger partial charge in [0.15, 0.2) is 0 Å². The zero-order chi connectivity index (χ0) is 14.4. The molecule has 0 aromatic carbocycles. The summed E-state index contributed by atoms with van der Waals surface area (Å²) in [6.45, 7) is 1.60. The third-order valence-electron chi connectivity index (χ3n) is 2.75. The highest BCUT2D eigenvalue weighted by atomic mass is 35.5.